The number of carbonyl (C=O) groups excluding carboxylic acids is 1. The number of carbonyl (C=O) groups is 1. The van der Waals surface area contributed by atoms with E-state index < -0.39 is 17.8 Å². The number of ether oxygens (including phenoxy) is 1. The third-order valence-corrected chi connectivity index (χ3v) is 7.04. The van der Waals surface area contributed by atoms with Crippen LogP contribution in [0.4, 0.5) is 23.7 Å². The molecule has 2 aromatic rings. The normalized spacial score (nSPS) is 23.1. The smallest absolute Gasteiger partial charge is 0.416 e. The molecule has 0 bridgehead atoms. The lowest BCUT2D eigenvalue weighted by Gasteiger charge is -2.40. The van der Waals surface area contributed by atoms with Gasteiger partial charge in [-0.1, -0.05) is 36.6 Å². The molecule has 0 spiro atoms. The van der Waals surface area contributed by atoms with Crippen LogP contribution in [0.2, 0.25) is 5.02 Å². The third kappa shape index (κ3) is 7.27. The second-order valence-electron chi connectivity index (χ2n) is 9.34. The van der Waals surface area contributed by atoms with E-state index in [-0.39, 0.29) is 24.7 Å². The van der Waals surface area contributed by atoms with Crippen LogP contribution in [0, 0.1) is 0 Å². The molecule has 4 rings (SSSR count). The van der Waals surface area contributed by atoms with Crippen LogP contribution >= 0.6 is 11.6 Å². The van der Waals surface area contributed by atoms with E-state index in [2.05, 4.69) is 15.5 Å². The molecule has 1 heterocycles. The molecule has 3 unspecified atom stereocenters. The Morgan fingerprint density at radius 3 is 2.34 bits per heavy atom. The summed E-state index contributed by atoms with van der Waals surface area (Å²) in [5, 5.41) is 7.39. The largest absolute Gasteiger partial charge is 0.445 e. The van der Waals surface area contributed by atoms with Crippen molar-refractivity contribution in [3.63, 3.8) is 0 Å². The van der Waals surface area contributed by atoms with Crippen LogP contribution in [0.1, 0.15) is 49.7 Å². The molecule has 9 heteroatoms. The maximum absolute atomic E-state index is 12.9. The van der Waals surface area contributed by atoms with Crippen molar-refractivity contribution in [2.75, 3.05) is 18.0 Å². The zero-order chi connectivity index (χ0) is 24.8. The first-order valence-electron chi connectivity index (χ1n) is 12.1. The minimum absolute atomic E-state index is 0.0251. The van der Waals surface area contributed by atoms with Crippen LogP contribution in [-0.2, 0) is 17.5 Å². The molecule has 1 amide bonds. The predicted molar refractivity (Wildman–Crippen MR) is 131 cm³/mol. The van der Waals surface area contributed by atoms with Gasteiger partial charge in [0.25, 0.3) is 0 Å². The Bertz CT molecular complexity index is 969. The van der Waals surface area contributed by atoms with Gasteiger partial charge in [0, 0.05) is 41.9 Å². The quantitative estimate of drug-likeness (QED) is 0.490. The number of halogens is 4. The zero-order valence-electron chi connectivity index (χ0n) is 19.5. The molecule has 0 radical (unpaired) electrons. The van der Waals surface area contributed by atoms with Crippen molar-refractivity contribution in [1.29, 1.82) is 0 Å². The van der Waals surface area contributed by atoms with E-state index in [9.17, 15) is 18.0 Å². The number of hydrogen-bond acceptors (Lipinski definition) is 4. The van der Waals surface area contributed by atoms with Gasteiger partial charge in [-0.2, -0.15) is 13.2 Å². The summed E-state index contributed by atoms with van der Waals surface area (Å²) in [6.45, 7) is 1.71. The Kier molecular flexibility index (Phi) is 8.44. The zero-order valence-corrected chi connectivity index (χ0v) is 20.2. The summed E-state index contributed by atoms with van der Waals surface area (Å²) in [6.07, 6.45) is 1.14. The second kappa shape index (κ2) is 11.5. The molecule has 1 aliphatic heterocycles. The van der Waals surface area contributed by atoms with Crippen LogP contribution in [-0.4, -0.2) is 37.3 Å². The van der Waals surface area contributed by atoms with E-state index in [0.29, 0.717) is 5.02 Å². The van der Waals surface area contributed by atoms with Crippen molar-refractivity contribution >= 4 is 23.4 Å². The Labute approximate surface area is 209 Å². The standard InChI is InChI=1S/C26H31ClF3N3O2/c27-20-11-7-18(8-12-20)17-35-25(34)32-24-6-2-1-5-23(24)31-21-4-3-15-33(16-21)22-13-9-19(10-14-22)26(28,29)30/h7-14,21,23-24,31H,1-6,15-17H2,(H,32,34). The number of rotatable bonds is 6. The van der Waals surface area contributed by atoms with E-state index in [1.54, 1.807) is 24.3 Å². The summed E-state index contributed by atoms with van der Waals surface area (Å²) in [4.78, 5) is 14.6. The number of nitrogens with zero attached hydrogens (tertiary/aromatic N) is 1. The van der Waals surface area contributed by atoms with Gasteiger partial charge >= 0.3 is 12.3 Å². The van der Waals surface area contributed by atoms with Gasteiger partial charge in [0.1, 0.15) is 6.61 Å². The molecule has 1 saturated carbocycles. The average molecular weight is 510 g/mol. The van der Waals surface area contributed by atoms with E-state index >= 15 is 0 Å². The van der Waals surface area contributed by atoms with E-state index in [1.165, 1.54) is 0 Å². The van der Waals surface area contributed by atoms with Crippen LogP contribution in [0.5, 0.6) is 0 Å². The highest BCUT2D eigenvalue weighted by molar-refractivity contribution is 6.30. The summed E-state index contributed by atoms with van der Waals surface area (Å²) < 4.78 is 44.1. The number of anilines is 1. The first-order chi connectivity index (χ1) is 16.8. The lowest BCUT2D eigenvalue weighted by Crippen LogP contribution is -2.57. The number of piperidine rings is 1. The van der Waals surface area contributed by atoms with Gasteiger partial charge in [0.05, 0.1) is 5.56 Å². The van der Waals surface area contributed by atoms with Crippen molar-refractivity contribution in [1.82, 2.24) is 10.6 Å². The van der Waals surface area contributed by atoms with Gasteiger partial charge < -0.3 is 20.3 Å². The molecule has 1 aliphatic carbocycles. The highest BCUT2D eigenvalue weighted by Crippen LogP contribution is 2.31. The second-order valence-corrected chi connectivity index (χ2v) is 9.78. The monoisotopic (exact) mass is 509 g/mol. The van der Waals surface area contributed by atoms with Crippen LogP contribution < -0.4 is 15.5 Å². The predicted octanol–water partition coefficient (Wildman–Crippen LogP) is 6.15. The minimum Gasteiger partial charge on any atom is -0.445 e. The van der Waals surface area contributed by atoms with E-state index in [0.717, 1.165) is 75.0 Å². The molecule has 2 aromatic carbocycles. The molecule has 3 atom stereocenters. The van der Waals surface area contributed by atoms with Crippen molar-refractivity contribution in [2.24, 2.45) is 0 Å². The molecular formula is C26H31ClF3N3O2. The lowest BCUT2D eigenvalue weighted by molar-refractivity contribution is -0.137. The van der Waals surface area contributed by atoms with E-state index in [1.807, 2.05) is 12.1 Å². The van der Waals surface area contributed by atoms with Crippen molar-refractivity contribution < 1.29 is 22.7 Å². The van der Waals surface area contributed by atoms with Crippen molar-refractivity contribution in [3.8, 4) is 0 Å². The Balaban J connectivity index is 1.30. The topological polar surface area (TPSA) is 53.6 Å². The molecular weight excluding hydrogens is 479 g/mol. The number of amides is 1. The maximum Gasteiger partial charge on any atom is 0.416 e. The molecule has 2 fully saturated rings. The molecule has 2 aliphatic rings. The molecule has 1 saturated heterocycles. The van der Waals surface area contributed by atoms with Gasteiger partial charge in [-0.3, -0.25) is 0 Å². The van der Waals surface area contributed by atoms with Crippen LogP contribution in [0.15, 0.2) is 48.5 Å². The maximum atomic E-state index is 12.9. The molecule has 35 heavy (non-hydrogen) atoms. The van der Waals surface area contributed by atoms with Gasteiger partial charge in [-0.05, 0) is 67.6 Å². The summed E-state index contributed by atoms with van der Waals surface area (Å²) >= 11 is 5.89. The fraction of sp³-hybridized carbons (Fsp3) is 0.500. The minimum atomic E-state index is -4.33. The molecule has 190 valence electrons. The number of benzene rings is 2. The third-order valence-electron chi connectivity index (χ3n) is 6.78. The number of nitrogens with one attached hydrogen (secondary N) is 2. The highest BCUT2D eigenvalue weighted by Gasteiger charge is 2.32. The first kappa shape index (κ1) is 25.6. The molecule has 2 N–H and O–H groups in total. The number of alkyl carbamates (subject to hydrolysis) is 1. The fourth-order valence-corrected chi connectivity index (χ4v) is 5.06. The lowest BCUT2D eigenvalue weighted by atomic mass is 9.89. The molecule has 5 nitrogen and oxygen atoms in total. The summed E-state index contributed by atoms with van der Waals surface area (Å²) in [7, 11) is 0. The number of hydrogen-bond donors (Lipinski definition) is 2. The van der Waals surface area contributed by atoms with Crippen LogP contribution in [0.25, 0.3) is 0 Å². The fourth-order valence-electron chi connectivity index (χ4n) is 4.94. The van der Waals surface area contributed by atoms with Gasteiger partial charge in [0.2, 0.25) is 0 Å². The van der Waals surface area contributed by atoms with Crippen molar-refractivity contribution in [2.45, 2.75) is 69.4 Å². The van der Waals surface area contributed by atoms with Crippen LogP contribution in [0.3, 0.4) is 0 Å². The summed E-state index contributed by atoms with van der Waals surface area (Å²) in [5.74, 6) is 0. The SMILES string of the molecule is O=C(NC1CCCCC1NC1CCCN(c2ccc(C(F)(F)F)cc2)C1)OCc1ccc(Cl)cc1. The van der Waals surface area contributed by atoms with Crippen molar-refractivity contribution in [3.05, 3.63) is 64.7 Å². The Hall–Kier alpha value is -2.45. The van der Waals surface area contributed by atoms with Gasteiger partial charge in [0.15, 0.2) is 0 Å². The Morgan fingerprint density at radius 1 is 0.971 bits per heavy atom. The van der Waals surface area contributed by atoms with Gasteiger partial charge in [-0.15, -0.1) is 0 Å². The average Bonchev–Trinajstić information content (AvgIpc) is 2.85. The Morgan fingerprint density at radius 2 is 1.66 bits per heavy atom. The first-order valence-corrected chi connectivity index (χ1v) is 12.5. The molecule has 0 aromatic heterocycles. The highest BCUT2D eigenvalue weighted by atomic mass is 35.5. The summed E-state index contributed by atoms with van der Waals surface area (Å²) in [5.41, 5.74) is 1.04. The summed E-state index contributed by atoms with van der Waals surface area (Å²) in [6, 6.07) is 12.9. The van der Waals surface area contributed by atoms with E-state index in [4.69, 9.17) is 16.3 Å². The number of alkyl halides is 3. The van der Waals surface area contributed by atoms with Gasteiger partial charge in [-0.25, -0.2) is 4.79 Å².